The lowest BCUT2D eigenvalue weighted by atomic mass is 9.86. The Bertz CT molecular complexity index is 568. The lowest BCUT2D eigenvalue weighted by Gasteiger charge is -2.33. The number of benzene rings is 1. The third-order valence-corrected chi connectivity index (χ3v) is 4.57. The van der Waals surface area contributed by atoms with E-state index in [2.05, 4.69) is 0 Å². The monoisotopic (exact) mass is 339 g/mol. The smallest absolute Gasteiger partial charge is 0.228 e. The Morgan fingerprint density at radius 3 is 2.71 bits per heavy atom. The number of hydrogen-bond donors (Lipinski definition) is 0. The average Bonchev–Trinajstić information content (AvgIpc) is 3.01. The van der Waals surface area contributed by atoms with E-state index in [1.54, 1.807) is 4.90 Å². The van der Waals surface area contributed by atoms with E-state index in [9.17, 15) is 13.6 Å². The molecule has 1 amide bonds. The number of carbonyl (C=O) groups is 1. The molecule has 1 unspecified atom stereocenters. The summed E-state index contributed by atoms with van der Waals surface area (Å²) in [5.41, 5.74) is -0.181. The van der Waals surface area contributed by atoms with Crippen molar-refractivity contribution < 1.29 is 18.3 Å². The number of rotatable bonds is 7. The van der Waals surface area contributed by atoms with Crippen LogP contribution in [-0.4, -0.2) is 30.1 Å². The first kappa shape index (κ1) is 18.8. The molecule has 1 saturated heterocycles. The SMILES string of the molecule is CCCC(C)(C)C(=O)N(Cc1ccc(F)cc1F)CC1CCCO1. The van der Waals surface area contributed by atoms with Crippen molar-refractivity contribution in [2.75, 3.05) is 13.2 Å². The number of ether oxygens (including phenoxy) is 1. The molecule has 0 bridgehead atoms. The molecule has 1 aromatic rings. The van der Waals surface area contributed by atoms with Gasteiger partial charge in [-0.1, -0.05) is 33.3 Å². The summed E-state index contributed by atoms with van der Waals surface area (Å²) in [5, 5.41) is 0. The van der Waals surface area contributed by atoms with Gasteiger partial charge in [-0.3, -0.25) is 4.79 Å². The van der Waals surface area contributed by atoms with Crippen LogP contribution >= 0.6 is 0 Å². The van der Waals surface area contributed by atoms with Gasteiger partial charge in [-0.05, 0) is 25.3 Å². The number of halogens is 2. The van der Waals surface area contributed by atoms with Gasteiger partial charge in [0.1, 0.15) is 11.6 Å². The number of amides is 1. The highest BCUT2D eigenvalue weighted by atomic mass is 19.1. The molecular formula is C19H27F2NO2. The molecular weight excluding hydrogens is 312 g/mol. The first-order valence-electron chi connectivity index (χ1n) is 8.68. The largest absolute Gasteiger partial charge is 0.376 e. The van der Waals surface area contributed by atoms with Crippen molar-refractivity contribution in [3.8, 4) is 0 Å². The van der Waals surface area contributed by atoms with Gasteiger partial charge in [-0.15, -0.1) is 0 Å². The molecule has 24 heavy (non-hydrogen) atoms. The van der Waals surface area contributed by atoms with Crippen molar-refractivity contribution in [2.24, 2.45) is 5.41 Å². The Morgan fingerprint density at radius 1 is 1.38 bits per heavy atom. The van der Waals surface area contributed by atoms with Crippen molar-refractivity contribution in [1.29, 1.82) is 0 Å². The second-order valence-corrected chi connectivity index (χ2v) is 7.19. The summed E-state index contributed by atoms with van der Waals surface area (Å²) in [6.45, 7) is 7.17. The van der Waals surface area contributed by atoms with Crippen LogP contribution in [0.25, 0.3) is 0 Å². The van der Waals surface area contributed by atoms with Crippen LogP contribution in [0.5, 0.6) is 0 Å². The van der Waals surface area contributed by atoms with Crippen LogP contribution < -0.4 is 0 Å². The summed E-state index contributed by atoms with van der Waals surface area (Å²) < 4.78 is 32.8. The van der Waals surface area contributed by atoms with Gasteiger partial charge in [0.15, 0.2) is 0 Å². The van der Waals surface area contributed by atoms with E-state index >= 15 is 0 Å². The number of hydrogen-bond acceptors (Lipinski definition) is 2. The zero-order valence-electron chi connectivity index (χ0n) is 14.8. The van der Waals surface area contributed by atoms with Gasteiger partial charge in [0.2, 0.25) is 5.91 Å². The van der Waals surface area contributed by atoms with Crippen molar-refractivity contribution in [3.05, 3.63) is 35.4 Å². The maximum Gasteiger partial charge on any atom is 0.228 e. The summed E-state index contributed by atoms with van der Waals surface area (Å²) in [6.07, 6.45) is 3.55. The summed E-state index contributed by atoms with van der Waals surface area (Å²) in [6, 6.07) is 3.50. The first-order valence-corrected chi connectivity index (χ1v) is 8.68. The van der Waals surface area contributed by atoms with Gasteiger partial charge >= 0.3 is 0 Å². The van der Waals surface area contributed by atoms with Crippen molar-refractivity contribution >= 4 is 5.91 Å². The van der Waals surface area contributed by atoms with Crippen LogP contribution in [0.3, 0.4) is 0 Å². The lowest BCUT2D eigenvalue weighted by molar-refractivity contribution is -0.143. The van der Waals surface area contributed by atoms with E-state index in [-0.39, 0.29) is 18.6 Å². The maximum absolute atomic E-state index is 14.0. The molecule has 1 aliphatic rings. The first-order chi connectivity index (χ1) is 11.3. The molecule has 1 fully saturated rings. The average molecular weight is 339 g/mol. The lowest BCUT2D eigenvalue weighted by Crippen LogP contribution is -2.44. The highest BCUT2D eigenvalue weighted by molar-refractivity contribution is 5.82. The van der Waals surface area contributed by atoms with Crippen molar-refractivity contribution in [1.82, 2.24) is 4.90 Å². The van der Waals surface area contributed by atoms with Crippen molar-refractivity contribution in [2.45, 2.75) is 59.1 Å². The second kappa shape index (κ2) is 8.06. The summed E-state index contributed by atoms with van der Waals surface area (Å²) in [7, 11) is 0. The Labute approximate surface area is 143 Å². The van der Waals surface area contributed by atoms with Gasteiger partial charge in [0.05, 0.1) is 6.10 Å². The fourth-order valence-electron chi connectivity index (χ4n) is 3.27. The molecule has 0 aliphatic carbocycles. The van der Waals surface area contributed by atoms with E-state index in [0.29, 0.717) is 18.7 Å². The Kier molecular flexibility index (Phi) is 6.33. The van der Waals surface area contributed by atoms with Gasteiger partial charge in [-0.25, -0.2) is 8.78 Å². The Morgan fingerprint density at radius 2 is 2.12 bits per heavy atom. The molecule has 134 valence electrons. The Balaban J connectivity index is 2.19. The van der Waals surface area contributed by atoms with Crippen LogP contribution in [0.4, 0.5) is 8.78 Å². The van der Waals surface area contributed by atoms with Gasteiger partial charge < -0.3 is 9.64 Å². The minimum absolute atomic E-state index is 0.00474. The quantitative estimate of drug-likeness (QED) is 0.741. The van der Waals surface area contributed by atoms with Crippen LogP contribution in [0.2, 0.25) is 0 Å². The van der Waals surface area contributed by atoms with Crippen LogP contribution in [0.1, 0.15) is 52.0 Å². The van der Waals surface area contributed by atoms with Gasteiger partial charge in [0, 0.05) is 36.7 Å². The van der Waals surface area contributed by atoms with E-state index in [4.69, 9.17) is 4.74 Å². The molecule has 0 spiro atoms. The maximum atomic E-state index is 14.0. The fraction of sp³-hybridized carbons (Fsp3) is 0.632. The highest BCUT2D eigenvalue weighted by Crippen LogP contribution is 2.28. The molecule has 1 heterocycles. The molecule has 0 radical (unpaired) electrons. The molecule has 0 aromatic heterocycles. The molecule has 1 atom stereocenters. The number of nitrogens with zero attached hydrogens (tertiary/aromatic N) is 1. The Hall–Kier alpha value is -1.49. The summed E-state index contributed by atoms with van der Waals surface area (Å²) >= 11 is 0. The van der Waals surface area contributed by atoms with E-state index < -0.39 is 17.0 Å². The molecule has 5 heteroatoms. The summed E-state index contributed by atoms with van der Waals surface area (Å²) in [4.78, 5) is 14.7. The predicted molar refractivity (Wildman–Crippen MR) is 89.4 cm³/mol. The molecule has 3 nitrogen and oxygen atoms in total. The normalized spacial score (nSPS) is 18.0. The zero-order valence-corrected chi connectivity index (χ0v) is 14.8. The van der Waals surface area contributed by atoms with Crippen LogP contribution in [-0.2, 0) is 16.1 Å². The minimum Gasteiger partial charge on any atom is -0.376 e. The zero-order chi connectivity index (χ0) is 17.7. The fourth-order valence-corrected chi connectivity index (χ4v) is 3.27. The molecule has 1 aliphatic heterocycles. The predicted octanol–water partition coefficient (Wildman–Crippen LogP) is 4.30. The van der Waals surface area contributed by atoms with Gasteiger partial charge in [0.25, 0.3) is 0 Å². The van der Waals surface area contributed by atoms with Crippen LogP contribution in [0, 0.1) is 17.0 Å². The third kappa shape index (κ3) is 4.76. The molecule has 1 aromatic carbocycles. The number of carbonyl (C=O) groups excluding carboxylic acids is 1. The highest BCUT2D eigenvalue weighted by Gasteiger charge is 2.33. The van der Waals surface area contributed by atoms with E-state index in [1.165, 1.54) is 12.1 Å². The second-order valence-electron chi connectivity index (χ2n) is 7.19. The van der Waals surface area contributed by atoms with Crippen molar-refractivity contribution in [3.63, 3.8) is 0 Å². The molecule has 0 saturated carbocycles. The molecule has 0 N–H and O–H groups in total. The van der Waals surface area contributed by atoms with E-state index in [1.807, 2.05) is 20.8 Å². The standard InChI is InChI=1S/C19H27F2NO2/c1-4-9-19(2,3)18(23)22(13-16-6-5-10-24-16)12-14-7-8-15(20)11-17(14)21/h7-8,11,16H,4-6,9-10,12-13H2,1-3H3. The summed E-state index contributed by atoms with van der Waals surface area (Å²) in [5.74, 6) is -1.24. The molecule has 2 rings (SSSR count). The van der Waals surface area contributed by atoms with Gasteiger partial charge in [-0.2, -0.15) is 0 Å². The van der Waals surface area contributed by atoms with Crippen LogP contribution in [0.15, 0.2) is 18.2 Å². The van der Waals surface area contributed by atoms with E-state index in [0.717, 1.165) is 31.7 Å². The minimum atomic E-state index is -0.617. The third-order valence-electron chi connectivity index (χ3n) is 4.57. The topological polar surface area (TPSA) is 29.5 Å².